The molecule has 102 valence electrons. The molecule has 0 aliphatic carbocycles. The summed E-state index contributed by atoms with van der Waals surface area (Å²) in [5.74, 6) is 0. The minimum atomic E-state index is -4.90. The molecule has 0 atom stereocenters. The van der Waals surface area contributed by atoms with Crippen LogP contribution in [0.15, 0.2) is 5.16 Å². The highest BCUT2D eigenvalue weighted by molar-refractivity contribution is 6.99. The van der Waals surface area contributed by atoms with Gasteiger partial charge in [-0.2, -0.15) is 0 Å². The number of hydrogen-bond donors (Lipinski definition) is 0. The third-order valence-electron chi connectivity index (χ3n) is 1.94. The molecule has 0 radical (unpaired) electrons. The van der Waals surface area contributed by atoms with Crippen molar-refractivity contribution in [2.45, 2.75) is 53.1 Å². The van der Waals surface area contributed by atoms with Crippen LogP contribution in [-0.2, 0) is 4.53 Å². The van der Waals surface area contributed by atoms with Gasteiger partial charge >= 0.3 is 9.15 Å². The van der Waals surface area contributed by atoms with E-state index in [9.17, 15) is 8.22 Å². The first kappa shape index (κ1) is 16.9. The van der Waals surface area contributed by atoms with Crippen LogP contribution < -0.4 is 0 Å². The van der Waals surface area contributed by atoms with Crippen LogP contribution in [0, 0.1) is 0 Å². The van der Waals surface area contributed by atoms with Crippen LogP contribution in [0.5, 0.6) is 0 Å². The molecular formula is C9H24F2N2OSi3. The van der Waals surface area contributed by atoms with Crippen molar-refractivity contribution >= 4 is 31.3 Å². The summed E-state index contributed by atoms with van der Waals surface area (Å²) in [7, 11) is -9.13. The summed E-state index contributed by atoms with van der Waals surface area (Å²) in [5, 5.41) is 3.48. The van der Waals surface area contributed by atoms with Gasteiger partial charge in [0.05, 0.1) is 0 Å². The van der Waals surface area contributed by atoms with Crippen molar-refractivity contribution in [3.8, 4) is 0 Å². The highest BCUT2D eigenvalue weighted by Gasteiger charge is 2.59. The monoisotopic (exact) mass is 298 g/mol. The smallest absolute Gasteiger partial charge is 0.376 e. The molecule has 0 aromatic carbocycles. The highest BCUT2D eigenvalue weighted by Crippen LogP contribution is 2.30. The Labute approximate surface area is 107 Å². The minimum absolute atomic E-state index is 0.517. The fourth-order valence-corrected chi connectivity index (χ4v) is 16.9. The van der Waals surface area contributed by atoms with E-state index in [1.165, 1.54) is 3.90 Å². The van der Waals surface area contributed by atoms with Gasteiger partial charge in [-0.15, -0.1) is 5.16 Å². The van der Waals surface area contributed by atoms with E-state index in [2.05, 4.69) is 9.68 Å². The standard InChI is InChI=1S/C9H24F2N2OSi3/c1-9(2)12-14-17(10,11)13(15(3,4)5)16(6,7)8/h1-8H3. The maximum absolute atomic E-state index is 14.2. The maximum atomic E-state index is 14.2. The average molecular weight is 299 g/mol. The summed E-state index contributed by atoms with van der Waals surface area (Å²) in [5.41, 5.74) is 0.517. The third kappa shape index (κ3) is 5.41. The third-order valence-corrected chi connectivity index (χ3v) is 15.1. The molecule has 3 nitrogen and oxygen atoms in total. The van der Waals surface area contributed by atoms with E-state index in [1.54, 1.807) is 13.8 Å². The van der Waals surface area contributed by atoms with Crippen molar-refractivity contribution in [1.29, 1.82) is 0 Å². The minimum Gasteiger partial charge on any atom is -0.376 e. The molecule has 0 aromatic rings. The van der Waals surface area contributed by atoms with E-state index in [0.29, 0.717) is 5.71 Å². The van der Waals surface area contributed by atoms with Crippen molar-refractivity contribution in [1.82, 2.24) is 3.90 Å². The lowest BCUT2D eigenvalue weighted by molar-refractivity contribution is 0.207. The van der Waals surface area contributed by atoms with Gasteiger partial charge in [-0.25, -0.2) is 8.22 Å². The Morgan fingerprint density at radius 2 is 1.29 bits per heavy atom. The summed E-state index contributed by atoms with van der Waals surface area (Å²) in [4.78, 5) is 0. The van der Waals surface area contributed by atoms with E-state index >= 15 is 0 Å². The summed E-state index contributed by atoms with van der Waals surface area (Å²) in [6, 6.07) is 0. The number of hydrogen-bond acceptors (Lipinski definition) is 3. The molecule has 0 bridgehead atoms. The molecule has 0 N–H and O–H groups in total. The Kier molecular flexibility index (Phi) is 5.27. The first-order valence-electron chi connectivity index (χ1n) is 5.66. The predicted octanol–water partition coefficient (Wildman–Crippen LogP) is 3.75. The van der Waals surface area contributed by atoms with Crippen molar-refractivity contribution in [2.24, 2.45) is 5.16 Å². The summed E-state index contributed by atoms with van der Waals surface area (Å²) >= 11 is 0. The summed E-state index contributed by atoms with van der Waals surface area (Å²) in [6.45, 7) is 14.9. The molecule has 8 heteroatoms. The van der Waals surface area contributed by atoms with Crippen molar-refractivity contribution in [3.63, 3.8) is 0 Å². The van der Waals surface area contributed by atoms with E-state index in [4.69, 9.17) is 0 Å². The Morgan fingerprint density at radius 1 is 0.941 bits per heavy atom. The number of rotatable bonds is 5. The van der Waals surface area contributed by atoms with Gasteiger partial charge < -0.3 is 4.53 Å². The van der Waals surface area contributed by atoms with Gasteiger partial charge in [-0.1, -0.05) is 39.3 Å². The maximum Gasteiger partial charge on any atom is 0.755 e. The Balaban J connectivity index is 5.26. The van der Waals surface area contributed by atoms with E-state index in [1.807, 2.05) is 39.3 Å². The second-order valence-electron chi connectivity index (χ2n) is 6.29. The molecule has 0 spiro atoms. The molecular weight excluding hydrogens is 274 g/mol. The Hall–Kier alpha value is -0.0594. The quantitative estimate of drug-likeness (QED) is 0.334. The fraction of sp³-hybridized carbons (Fsp3) is 0.889. The molecule has 0 heterocycles. The average Bonchev–Trinajstić information content (AvgIpc) is 1.93. The molecule has 0 aromatic heterocycles. The topological polar surface area (TPSA) is 24.8 Å². The molecule has 0 rings (SSSR count). The lowest BCUT2D eigenvalue weighted by atomic mass is 10.5. The zero-order chi connectivity index (χ0) is 14.1. The van der Waals surface area contributed by atoms with Crippen molar-refractivity contribution in [3.05, 3.63) is 0 Å². The SMILES string of the molecule is CC(C)=NO[Si](F)(F)N([Si](C)(C)C)[Si](C)(C)C. The molecule has 0 saturated heterocycles. The summed E-state index contributed by atoms with van der Waals surface area (Å²) < 4.78 is 34.5. The molecule has 0 unspecified atom stereocenters. The van der Waals surface area contributed by atoms with Crippen LogP contribution >= 0.6 is 0 Å². The zero-order valence-corrected chi connectivity index (χ0v) is 15.1. The normalized spacial score (nSPS) is 13.8. The van der Waals surface area contributed by atoms with Crippen molar-refractivity contribution in [2.75, 3.05) is 0 Å². The highest BCUT2D eigenvalue weighted by atomic mass is 28.5. The van der Waals surface area contributed by atoms with Crippen LogP contribution in [0.4, 0.5) is 8.22 Å². The predicted molar refractivity (Wildman–Crippen MR) is 76.4 cm³/mol. The number of nitrogens with zero attached hydrogens (tertiary/aromatic N) is 2. The van der Waals surface area contributed by atoms with Gasteiger partial charge in [-0.05, 0) is 13.8 Å². The van der Waals surface area contributed by atoms with Gasteiger partial charge in [0.15, 0.2) is 0 Å². The fourth-order valence-electron chi connectivity index (χ4n) is 1.97. The lowest BCUT2D eigenvalue weighted by Crippen LogP contribution is -2.69. The molecule has 0 saturated carbocycles. The molecule has 17 heavy (non-hydrogen) atoms. The van der Waals surface area contributed by atoms with E-state index in [-0.39, 0.29) is 0 Å². The van der Waals surface area contributed by atoms with Gasteiger partial charge in [0.2, 0.25) is 0 Å². The Bertz CT molecular complexity index is 280. The van der Waals surface area contributed by atoms with Crippen LogP contribution in [0.3, 0.4) is 0 Å². The van der Waals surface area contributed by atoms with E-state index < -0.39 is 25.6 Å². The van der Waals surface area contributed by atoms with Gasteiger partial charge in [0.1, 0.15) is 16.5 Å². The van der Waals surface area contributed by atoms with Crippen molar-refractivity contribution < 1.29 is 12.7 Å². The molecule has 0 aliphatic rings. The Morgan fingerprint density at radius 3 is 1.53 bits per heavy atom. The number of halogens is 2. The van der Waals surface area contributed by atoms with Gasteiger partial charge in [-0.3, -0.25) is 3.90 Å². The van der Waals surface area contributed by atoms with Gasteiger partial charge in [0, 0.05) is 5.71 Å². The van der Waals surface area contributed by atoms with Crippen LogP contribution in [0.2, 0.25) is 39.3 Å². The lowest BCUT2D eigenvalue weighted by Gasteiger charge is -2.43. The second kappa shape index (κ2) is 5.29. The van der Waals surface area contributed by atoms with Gasteiger partial charge in [0.25, 0.3) is 0 Å². The second-order valence-corrected chi connectivity index (χ2v) is 18.8. The molecule has 0 fully saturated rings. The molecule has 0 aliphatic heterocycles. The largest absolute Gasteiger partial charge is 0.755 e. The number of oxime groups is 1. The zero-order valence-electron chi connectivity index (χ0n) is 12.1. The first-order valence-corrected chi connectivity index (χ1v) is 14.2. The van der Waals surface area contributed by atoms with E-state index in [0.717, 1.165) is 0 Å². The van der Waals surface area contributed by atoms with Crippen LogP contribution in [0.25, 0.3) is 0 Å². The summed E-state index contributed by atoms with van der Waals surface area (Å²) in [6.07, 6.45) is 0. The first-order chi connectivity index (χ1) is 7.28. The van der Waals surface area contributed by atoms with Crippen LogP contribution in [-0.4, -0.2) is 35.2 Å². The molecule has 0 amide bonds. The van der Waals surface area contributed by atoms with Crippen LogP contribution in [0.1, 0.15) is 13.8 Å².